The first-order valence-corrected chi connectivity index (χ1v) is 6.99. The van der Waals surface area contributed by atoms with Crippen molar-refractivity contribution >= 4 is 11.6 Å². The number of anilines is 1. The van der Waals surface area contributed by atoms with Crippen LogP contribution in [0.4, 0.5) is 5.69 Å². The van der Waals surface area contributed by atoms with Crippen molar-refractivity contribution in [2.24, 2.45) is 5.92 Å². The summed E-state index contributed by atoms with van der Waals surface area (Å²) in [6, 6.07) is 8.22. The van der Waals surface area contributed by atoms with Crippen LogP contribution in [0.25, 0.3) is 0 Å². The van der Waals surface area contributed by atoms with Gasteiger partial charge in [-0.2, -0.15) is 0 Å². The van der Waals surface area contributed by atoms with Crippen molar-refractivity contribution in [2.45, 2.75) is 18.8 Å². The summed E-state index contributed by atoms with van der Waals surface area (Å²) in [5, 5.41) is 12.5. The SMILES string of the molecule is O=C(CC1CNc2ccccc21)N1CCC(CO)C1. The molecule has 2 aliphatic rings. The van der Waals surface area contributed by atoms with Crippen LogP contribution in [0.15, 0.2) is 24.3 Å². The lowest BCUT2D eigenvalue weighted by molar-refractivity contribution is -0.130. The number of nitrogens with zero attached hydrogens (tertiary/aromatic N) is 1. The van der Waals surface area contributed by atoms with E-state index in [2.05, 4.69) is 17.4 Å². The van der Waals surface area contributed by atoms with Gasteiger partial charge >= 0.3 is 0 Å². The molecule has 1 aromatic rings. The van der Waals surface area contributed by atoms with Crippen LogP contribution in [-0.4, -0.2) is 42.2 Å². The number of para-hydroxylation sites is 1. The maximum absolute atomic E-state index is 12.3. The van der Waals surface area contributed by atoms with Crippen molar-refractivity contribution in [3.05, 3.63) is 29.8 Å². The number of aliphatic hydroxyl groups excluding tert-OH is 1. The number of carbonyl (C=O) groups excluding carboxylic acids is 1. The molecule has 4 heteroatoms. The Kier molecular flexibility index (Phi) is 3.42. The second-order valence-corrected chi connectivity index (χ2v) is 5.55. The molecular weight excluding hydrogens is 240 g/mol. The molecular formula is C15H20N2O2. The summed E-state index contributed by atoms with van der Waals surface area (Å²) in [7, 11) is 0. The van der Waals surface area contributed by atoms with E-state index in [1.54, 1.807) is 0 Å². The number of benzene rings is 1. The second-order valence-electron chi connectivity index (χ2n) is 5.55. The van der Waals surface area contributed by atoms with E-state index < -0.39 is 0 Å². The normalized spacial score (nSPS) is 25.2. The number of fused-ring (bicyclic) bond motifs is 1. The molecule has 1 saturated heterocycles. The topological polar surface area (TPSA) is 52.6 Å². The molecule has 3 rings (SSSR count). The lowest BCUT2D eigenvalue weighted by Crippen LogP contribution is -2.30. The second kappa shape index (κ2) is 5.21. The van der Waals surface area contributed by atoms with Gasteiger partial charge in [-0.25, -0.2) is 0 Å². The number of hydrogen-bond acceptors (Lipinski definition) is 3. The summed E-state index contributed by atoms with van der Waals surface area (Å²) in [6.07, 6.45) is 1.50. The zero-order valence-corrected chi connectivity index (χ0v) is 11.0. The predicted molar refractivity (Wildman–Crippen MR) is 74.1 cm³/mol. The molecule has 2 aliphatic heterocycles. The molecule has 0 bridgehead atoms. The van der Waals surface area contributed by atoms with Crippen LogP contribution in [0.5, 0.6) is 0 Å². The van der Waals surface area contributed by atoms with Crippen LogP contribution in [0, 0.1) is 5.92 Å². The summed E-state index contributed by atoms with van der Waals surface area (Å²) in [5.74, 6) is 0.786. The summed E-state index contributed by atoms with van der Waals surface area (Å²) in [5.41, 5.74) is 2.42. The summed E-state index contributed by atoms with van der Waals surface area (Å²) >= 11 is 0. The molecule has 0 radical (unpaired) electrons. The van der Waals surface area contributed by atoms with Gasteiger partial charge in [0.2, 0.25) is 5.91 Å². The Balaban J connectivity index is 1.62. The van der Waals surface area contributed by atoms with Gasteiger partial charge in [0.25, 0.3) is 0 Å². The molecule has 2 unspecified atom stereocenters. The first kappa shape index (κ1) is 12.5. The molecule has 0 aromatic heterocycles. The standard InChI is InChI=1S/C15H20N2O2/c18-10-11-5-6-17(9-11)15(19)7-12-8-16-14-4-2-1-3-13(12)14/h1-4,11-12,16,18H,5-10H2. The molecule has 1 fully saturated rings. The van der Waals surface area contributed by atoms with E-state index in [0.717, 1.165) is 31.7 Å². The lowest BCUT2D eigenvalue weighted by Gasteiger charge is -2.18. The molecule has 0 spiro atoms. The molecule has 1 aromatic carbocycles. The monoisotopic (exact) mass is 260 g/mol. The average molecular weight is 260 g/mol. The van der Waals surface area contributed by atoms with Crippen molar-refractivity contribution in [1.29, 1.82) is 0 Å². The van der Waals surface area contributed by atoms with Crippen LogP contribution in [0.2, 0.25) is 0 Å². The number of aliphatic hydroxyl groups is 1. The van der Waals surface area contributed by atoms with E-state index >= 15 is 0 Å². The Morgan fingerprint density at radius 3 is 3.05 bits per heavy atom. The van der Waals surface area contributed by atoms with E-state index in [4.69, 9.17) is 5.11 Å². The average Bonchev–Trinajstić information content (AvgIpc) is 3.06. The fourth-order valence-corrected chi connectivity index (χ4v) is 3.09. The molecule has 4 nitrogen and oxygen atoms in total. The van der Waals surface area contributed by atoms with Crippen LogP contribution < -0.4 is 5.32 Å². The van der Waals surface area contributed by atoms with E-state index in [1.165, 1.54) is 5.56 Å². The maximum atomic E-state index is 12.3. The maximum Gasteiger partial charge on any atom is 0.223 e. The highest BCUT2D eigenvalue weighted by atomic mass is 16.3. The van der Waals surface area contributed by atoms with Crippen LogP contribution in [0.1, 0.15) is 24.3 Å². The minimum Gasteiger partial charge on any atom is -0.396 e. The number of likely N-dealkylation sites (tertiary alicyclic amines) is 1. The third-order valence-corrected chi connectivity index (χ3v) is 4.26. The molecule has 19 heavy (non-hydrogen) atoms. The van der Waals surface area contributed by atoms with Crippen LogP contribution in [0.3, 0.4) is 0 Å². The summed E-state index contributed by atoms with van der Waals surface area (Å²) < 4.78 is 0. The molecule has 102 valence electrons. The van der Waals surface area contributed by atoms with Gasteiger partial charge in [0.15, 0.2) is 0 Å². The number of hydrogen-bond donors (Lipinski definition) is 2. The number of amides is 1. The highest BCUT2D eigenvalue weighted by Gasteiger charge is 2.29. The molecule has 2 heterocycles. The minimum absolute atomic E-state index is 0.192. The third kappa shape index (κ3) is 2.45. The van der Waals surface area contributed by atoms with Gasteiger partial charge in [0.05, 0.1) is 0 Å². The number of carbonyl (C=O) groups is 1. The molecule has 2 atom stereocenters. The third-order valence-electron chi connectivity index (χ3n) is 4.26. The van der Waals surface area contributed by atoms with E-state index in [-0.39, 0.29) is 24.3 Å². The number of nitrogens with one attached hydrogen (secondary N) is 1. The van der Waals surface area contributed by atoms with E-state index in [0.29, 0.717) is 6.42 Å². The zero-order chi connectivity index (χ0) is 13.2. The minimum atomic E-state index is 0.192. The first-order valence-electron chi connectivity index (χ1n) is 6.99. The molecule has 1 amide bonds. The van der Waals surface area contributed by atoms with Gasteiger partial charge in [-0.1, -0.05) is 18.2 Å². The van der Waals surface area contributed by atoms with Crippen molar-refractivity contribution in [2.75, 3.05) is 31.6 Å². The first-order chi connectivity index (χ1) is 9.28. The Morgan fingerprint density at radius 2 is 2.26 bits per heavy atom. The van der Waals surface area contributed by atoms with Crippen molar-refractivity contribution in [3.8, 4) is 0 Å². The van der Waals surface area contributed by atoms with Crippen LogP contribution >= 0.6 is 0 Å². The number of rotatable bonds is 3. The smallest absolute Gasteiger partial charge is 0.223 e. The Morgan fingerprint density at radius 1 is 1.42 bits per heavy atom. The molecule has 0 saturated carbocycles. The molecule has 0 aliphatic carbocycles. The predicted octanol–water partition coefficient (Wildman–Crippen LogP) is 1.43. The Hall–Kier alpha value is -1.55. The lowest BCUT2D eigenvalue weighted by atomic mass is 9.97. The van der Waals surface area contributed by atoms with Gasteiger partial charge in [-0.3, -0.25) is 4.79 Å². The fraction of sp³-hybridized carbons (Fsp3) is 0.533. The summed E-state index contributed by atoms with van der Waals surface area (Å²) in [4.78, 5) is 14.2. The quantitative estimate of drug-likeness (QED) is 0.864. The Labute approximate surface area is 113 Å². The van der Waals surface area contributed by atoms with Gasteiger partial charge in [-0.15, -0.1) is 0 Å². The van der Waals surface area contributed by atoms with Crippen molar-refractivity contribution in [1.82, 2.24) is 4.90 Å². The Bertz CT molecular complexity index is 475. The zero-order valence-electron chi connectivity index (χ0n) is 11.0. The van der Waals surface area contributed by atoms with Crippen molar-refractivity contribution < 1.29 is 9.90 Å². The highest BCUT2D eigenvalue weighted by Crippen LogP contribution is 2.34. The summed E-state index contributed by atoms with van der Waals surface area (Å²) in [6.45, 7) is 2.56. The van der Waals surface area contributed by atoms with E-state index in [9.17, 15) is 4.79 Å². The van der Waals surface area contributed by atoms with Crippen LogP contribution in [-0.2, 0) is 4.79 Å². The molecule has 2 N–H and O–H groups in total. The highest BCUT2D eigenvalue weighted by molar-refractivity contribution is 5.78. The van der Waals surface area contributed by atoms with Gasteiger partial charge in [0, 0.05) is 50.2 Å². The van der Waals surface area contributed by atoms with E-state index in [1.807, 2.05) is 17.0 Å². The van der Waals surface area contributed by atoms with Crippen molar-refractivity contribution in [3.63, 3.8) is 0 Å². The van der Waals surface area contributed by atoms with Gasteiger partial charge in [-0.05, 0) is 18.1 Å². The largest absolute Gasteiger partial charge is 0.396 e. The van der Waals surface area contributed by atoms with Gasteiger partial charge < -0.3 is 15.3 Å². The van der Waals surface area contributed by atoms with Gasteiger partial charge in [0.1, 0.15) is 0 Å². The fourth-order valence-electron chi connectivity index (χ4n) is 3.09.